The van der Waals surface area contributed by atoms with Gasteiger partial charge in [-0.2, -0.15) is 0 Å². The number of hydrazine groups is 1. The van der Waals surface area contributed by atoms with Crippen molar-refractivity contribution in [1.82, 2.24) is 10.9 Å². The molecule has 0 atom stereocenters. The number of hydrogen-bond acceptors (Lipinski definition) is 2. The summed E-state index contributed by atoms with van der Waals surface area (Å²) in [6.07, 6.45) is 7.44. The summed E-state index contributed by atoms with van der Waals surface area (Å²) in [5.41, 5.74) is 9.78. The summed E-state index contributed by atoms with van der Waals surface area (Å²) in [6, 6.07) is 0. The predicted octanol–water partition coefficient (Wildman–Crippen LogP) is 2.24. The van der Waals surface area contributed by atoms with Crippen molar-refractivity contribution in [1.29, 1.82) is 0 Å². The smallest absolute Gasteiger partial charge is 0.0566 e. The summed E-state index contributed by atoms with van der Waals surface area (Å²) >= 11 is 0. The van der Waals surface area contributed by atoms with Crippen LogP contribution in [-0.4, -0.2) is 0 Å². The van der Waals surface area contributed by atoms with Gasteiger partial charge >= 0.3 is 0 Å². The van der Waals surface area contributed by atoms with Crippen molar-refractivity contribution in [3.63, 3.8) is 0 Å². The van der Waals surface area contributed by atoms with Gasteiger partial charge in [0.05, 0.1) is 5.70 Å². The van der Waals surface area contributed by atoms with Crippen LogP contribution in [0.3, 0.4) is 0 Å². The van der Waals surface area contributed by atoms with Crippen molar-refractivity contribution in [2.45, 2.75) is 27.2 Å². The molecule has 2 nitrogen and oxygen atoms in total. The first-order valence-corrected chi connectivity index (χ1v) is 4.31. The Hall–Kier alpha value is -1.18. The third kappa shape index (κ3) is 2.16. The molecular weight excluding hydrogens is 148 g/mol. The van der Waals surface area contributed by atoms with Crippen molar-refractivity contribution in [2.24, 2.45) is 0 Å². The van der Waals surface area contributed by atoms with Gasteiger partial charge in [-0.15, -0.1) is 0 Å². The molecule has 66 valence electrons. The summed E-state index contributed by atoms with van der Waals surface area (Å²) in [7, 11) is 0. The second-order valence-electron chi connectivity index (χ2n) is 2.98. The van der Waals surface area contributed by atoms with Crippen LogP contribution in [0, 0.1) is 0 Å². The summed E-state index contributed by atoms with van der Waals surface area (Å²) in [5, 5.41) is 0. The van der Waals surface area contributed by atoms with Crippen molar-refractivity contribution < 1.29 is 0 Å². The number of nitrogens with one attached hydrogen (secondary N) is 2. The topological polar surface area (TPSA) is 24.1 Å². The lowest BCUT2D eigenvalue weighted by atomic mass is 10.1. The van der Waals surface area contributed by atoms with E-state index in [9.17, 15) is 0 Å². The Labute approximate surface area is 74.0 Å². The molecule has 1 rings (SSSR count). The Morgan fingerprint density at radius 3 is 2.67 bits per heavy atom. The summed E-state index contributed by atoms with van der Waals surface area (Å²) in [6.45, 7) is 6.27. The highest BCUT2D eigenvalue weighted by Gasteiger charge is 2.01. The molecule has 0 saturated carbocycles. The maximum Gasteiger partial charge on any atom is 0.0566 e. The first-order chi connectivity index (χ1) is 5.74. The first-order valence-electron chi connectivity index (χ1n) is 4.31. The molecule has 1 heterocycles. The lowest BCUT2D eigenvalue weighted by Gasteiger charge is -2.18. The SMILES string of the molecule is CC/C=C\C1=C(C)C=C(C)NN1. The molecule has 1 aliphatic heterocycles. The first kappa shape index (κ1) is 8.91. The minimum atomic E-state index is 1.07. The minimum Gasteiger partial charge on any atom is -0.305 e. The fraction of sp³-hybridized carbons (Fsp3) is 0.400. The van der Waals surface area contributed by atoms with Crippen LogP contribution in [0.1, 0.15) is 27.2 Å². The number of hydrogen-bond donors (Lipinski definition) is 2. The fourth-order valence-corrected chi connectivity index (χ4v) is 1.11. The van der Waals surface area contributed by atoms with E-state index >= 15 is 0 Å². The molecular formula is C10H16N2. The van der Waals surface area contributed by atoms with Gasteiger partial charge in [0.2, 0.25) is 0 Å². The lowest BCUT2D eigenvalue weighted by Crippen LogP contribution is -2.32. The summed E-state index contributed by atoms with van der Waals surface area (Å²) in [5.74, 6) is 0. The van der Waals surface area contributed by atoms with E-state index in [1.807, 2.05) is 6.92 Å². The van der Waals surface area contributed by atoms with E-state index in [1.54, 1.807) is 0 Å². The summed E-state index contributed by atoms with van der Waals surface area (Å²) < 4.78 is 0. The van der Waals surface area contributed by atoms with Crippen molar-refractivity contribution >= 4 is 0 Å². The van der Waals surface area contributed by atoms with E-state index in [4.69, 9.17) is 0 Å². The highest BCUT2D eigenvalue weighted by atomic mass is 15.4. The molecule has 0 saturated heterocycles. The van der Waals surface area contributed by atoms with Crippen LogP contribution >= 0.6 is 0 Å². The van der Waals surface area contributed by atoms with Gasteiger partial charge in [-0.25, -0.2) is 0 Å². The Kier molecular flexibility index (Phi) is 2.97. The van der Waals surface area contributed by atoms with E-state index in [1.165, 1.54) is 5.57 Å². The molecule has 0 radical (unpaired) electrons. The normalized spacial score (nSPS) is 17.4. The Morgan fingerprint density at radius 2 is 2.08 bits per heavy atom. The average Bonchev–Trinajstić information content (AvgIpc) is 2.03. The third-order valence-electron chi connectivity index (χ3n) is 1.77. The highest BCUT2D eigenvalue weighted by molar-refractivity contribution is 5.34. The number of allylic oxidation sites excluding steroid dienone is 5. The largest absolute Gasteiger partial charge is 0.305 e. The second kappa shape index (κ2) is 4.00. The molecule has 0 fully saturated rings. The molecule has 0 amide bonds. The second-order valence-corrected chi connectivity index (χ2v) is 2.98. The van der Waals surface area contributed by atoms with E-state index < -0.39 is 0 Å². The maximum absolute atomic E-state index is 3.13. The Bertz CT molecular complexity index is 247. The van der Waals surface area contributed by atoms with Crippen LogP contribution in [0.5, 0.6) is 0 Å². The van der Waals surface area contributed by atoms with Crippen molar-refractivity contribution in [3.8, 4) is 0 Å². The zero-order valence-electron chi connectivity index (χ0n) is 7.94. The molecule has 2 N–H and O–H groups in total. The van der Waals surface area contributed by atoms with Gasteiger partial charge < -0.3 is 10.9 Å². The Balaban J connectivity index is 2.76. The molecule has 0 aromatic heterocycles. The lowest BCUT2D eigenvalue weighted by molar-refractivity contribution is 0.683. The zero-order chi connectivity index (χ0) is 8.97. The minimum absolute atomic E-state index is 1.07. The quantitative estimate of drug-likeness (QED) is 0.654. The van der Waals surface area contributed by atoms with Crippen molar-refractivity contribution in [2.75, 3.05) is 0 Å². The highest BCUT2D eigenvalue weighted by Crippen LogP contribution is 2.09. The van der Waals surface area contributed by atoms with Gasteiger partial charge in [0, 0.05) is 5.70 Å². The van der Waals surface area contributed by atoms with Gasteiger partial charge in [-0.1, -0.05) is 13.0 Å². The van der Waals surface area contributed by atoms with Crippen molar-refractivity contribution in [3.05, 3.63) is 35.2 Å². The van der Waals surface area contributed by atoms with Gasteiger partial charge in [-0.05, 0) is 38.0 Å². The van der Waals surface area contributed by atoms with E-state index in [0.29, 0.717) is 0 Å². The molecule has 0 unspecified atom stereocenters. The zero-order valence-corrected chi connectivity index (χ0v) is 7.94. The molecule has 0 spiro atoms. The van der Waals surface area contributed by atoms with Crippen LogP contribution in [0.4, 0.5) is 0 Å². The predicted molar refractivity (Wildman–Crippen MR) is 52.2 cm³/mol. The molecule has 0 bridgehead atoms. The standard InChI is InChI=1S/C10H16N2/c1-4-5-6-10-8(2)7-9(3)11-12-10/h5-7,11-12H,4H2,1-3H3/b6-5-. The molecule has 0 aliphatic carbocycles. The van der Waals surface area contributed by atoms with Gasteiger partial charge in [-0.3, -0.25) is 0 Å². The third-order valence-corrected chi connectivity index (χ3v) is 1.77. The molecule has 2 heteroatoms. The van der Waals surface area contributed by atoms with Crippen LogP contribution in [0.15, 0.2) is 35.2 Å². The van der Waals surface area contributed by atoms with Gasteiger partial charge in [0.15, 0.2) is 0 Å². The van der Waals surface area contributed by atoms with E-state index in [0.717, 1.165) is 17.8 Å². The van der Waals surface area contributed by atoms with Crippen LogP contribution in [0.25, 0.3) is 0 Å². The van der Waals surface area contributed by atoms with Gasteiger partial charge in [0.1, 0.15) is 0 Å². The molecule has 12 heavy (non-hydrogen) atoms. The summed E-state index contributed by atoms with van der Waals surface area (Å²) in [4.78, 5) is 0. The molecule has 0 aromatic carbocycles. The molecule has 0 aromatic rings. The van der Waals surface area contributed by atoms with Gasteiger partial charge in [0.25, 0.3) is 0 Å². The monoisotopic (exact) mass is 164 g/mol. The average molecular weight is 164 g/mol. The number of rotatable bonds is 2. The van der Waals surface area contributed by atoms with Crippen LogP contribution in [-0.2, 0) is 0 Å². The van der Waals surface area contributed by atoms with E-state index in [2.05, 4.69) is 42.9 Å². The van der Waals surface area contributed by atoms with Crippen LogP contribution in [0.2, 0.25) is 0 Å². The maximum atomic E-state index is 3.13. The fourth-order valence-electron chi connectivity index (χ4n) is 1.11. The molecule has 1 aliphatic rings. The van der Waals surface area contributed by atoms with Crippen LogP contribution < -0.4 is 10.9 Å². The van der Waals surface area contributed by atoms with E-state index in [-0.39, 0.29) is 0 Å². The Morgan fingerprint density at radius 1 is 1.33 bits per heavy atom.